The maximum absolute atomic E-state index is 11.8. The van der Waals surface area contributed by atoms with Crippen LogP contribution in [-0.4, -0.2) is 21.2 Å². The van der Waals surface area contributed by atoms with E-state index in [1.54, 1.807) is 24.4 Å². The van der Waals surface area contributed by atoms with Crippen LogP contribution >= 0.6 is 11.6 Å². The number of aromatic nitrogens is 3. The summed E-state index contributed by atoms with van der Waals surface area (Å²) in [6, 6.07) is 4.67. The molecule has 0 atom stereocenters. The van der Waals surface area contributed by atoms with Crippen molar-refractivity contribution in [2.45, 2.75) is 18.8 Å². The molecule has 2 amide bonds. The van der Waals surface area contributed by atoms with Gasteiger partial charge < -0.3 is 5.32 Å². The summed E-state index contributed by atoms with van der Waals surface area (Å²) in [5.41, 5.74) is 1.69. The molecule has 0 saturated heterocycles. The average Bonchev–Trinajstić information content (AvgIpc) is 3.10. The van der Waals surface area contributed by atoms with Gasteiger partial charge in [-0.15, -0.1) is 0 Å². The van der Waals surface area contributed by atoms with Crippen LogP contribution in [0.5, 0.6) is 0 Å². The number of hydrogen-bond donors (Lipinski definition) is 3. The molecule has 1 aliphatic carbocycles. The molecule has 1 fully saturated rings. The molecule has 0 aromatic carbocycles. The van der Waals surface area contributed by atoms with Crippen molar-refractivity contribution >= 4 is 29.1 Å². The largest absolute Gasteiger partial charge is 0.324 e. The van der Waals surface area contributed by atoms with Crippen molar-refractivity contribution in [3.63, 3.8) is 0 Å². The van der Waals surface area contributed by atoms with E-state index in [1.807, 2.05) is 0 Å². The Morgan fingerprint density at radius 2 is 2.21 bits per heavy atom. The average molecular weight is 278 g/mol. The van der Waals surface area contributed by atoms with Gasteiger partial charge in [0.1, 0.15) is 11.0 Å². The van der Waals surface area contributed by atoms with E-state index < -0.39 is 0 Å². The number of pyridine rings is 1. The van der Waals surface area contributed by atoms with Crippen LogP contribution < -0.4 is 10.6 Å². The van der Waals surface area contributed by atoms with Crippen LogP contribution in [0.15, 0.2) is 24.4 Å². The van der Waals surface area contributed by atoms with Crippen molar-refractivity contribution in [1.82, 2.24) is 15.2 Å². The van der Waals surface area contributed by atoms with Gasteiger partial charge in [-0.2, -0.15) is 5.10 Å². The molecular formula is C12H12ClN5O. The van der Waals surface area contributed by atoms with Gasteiger partial charge in [0.05, 0.1) is 17.6 Å². The summed E-state index contributed by atoms with van der Waals surface area (Å²) >= 11 is 5.75. The lowest BCUT2D eigenvalue weighted by Gasteiger charge is -2.07. The number of hydrogen-bond acceptors (Lipinski definition) is 3. The molecule has 3 rings (SSSR count). The molecule has 3 N–H and O–H groups in total. The molecule has 7 heteroatoms. The van der Waals surface area contributed by atoms with Crippen molar-refractivity contribution in [2.75, 3.05) is 10.6 Å². The lowest BCUT2D eigenvalue weighted by atomic mass is 10.2. The van der Waals surface area contributed by atoms with Crippen LogP contribution in [0.1, 0.15) is 24.5 Å². The highest BCUT2D eigenvalue weighted by atomic mass is 35.5. The van der Waals surface area contributed by atoms with Gasteiger partial charge in [0, 0.05) is 5.92 Å². The molecule has 98 valence electrons. The predicted molar refractivity (Wildman–Crippen MR) is 72.5 cm³/mol. The summed E-state index contributed by atoms with van der Waals surface area (Å²) in [5.74, 6) is 0.892. The van der Waals surface area contributed by atoms with Crippen molar-refractivity contribution in [3.05, 3.63) is 35.2 Å². The van der Waals surface area contributed by atoms with Crippen LogP contribution in [0, 0.1) is 0 Å². The predicted octanol–water partition coefficient (Wildman–Crippen LogP) is 2.98. The van der Waals surface area contributed by atoms with Crippen LogP contribution in [0.3, 0.4) is 0 Å². The number of carbonyl (C=O) groups excluding carboxylic acids is 1. The quantitative estimate of drug-likeness (QED) is 0.754. The van der Waals surface area contributed by atoms with Crippen molar-refractivity contribution in [1.29, 1.82) is 0 Å². The van der Waals surface area contributed by atoms with E-state index in [2.05, 4.69) is 25.8 Å². The van der Waals surface area contributed by atoms with Gasteiger partial charge in [0.25, 0.3) is 0 Å². The zero-order valence-electron chi connectivity index (χ0n) is 9.98. The third-order valence-corrected chi connectivity index (χ3v) is 3.07. The van der Waals surface area contributed by atoms with Crippen molar-refractivity contribution < 1.29 is 4.79 Å². The van der Waals surface area contributed by atoms with Gasteiger partial charge in [0.2, 0.25) is 0 Å². The van der Waals surface area contributed by atoms with Gasteiger partial charge in [-0.25, -0.2) is 9.78 Å². The Morgan fingerprint density at radius 3 is 2.95 bits per heavy atom. The summed E-state index contributed by atoms with van der Waals surface area (Å²) in [7, 11) is 0. The molecule has 2 heterocycles. The minimum atomic E-state index is -0.363. The molecule has 0 radical (unpaired) electrons. The van der Waals surface area contributed by atoms with E-state index in [0.717, 1.165) is 18.5 Å². The Hall–Kier alpha value is -2.08. The molecular weight excluding hydrogens is 266 g/mol. The normalized spacial score (nSPS) is 14.2. The number of amides is 2. The number of anilines is 2. The molecule has 1 saturated carbocycles. The molecule has 0 aliphatic heterocycles. The molecule has 2 aromatic rings. The first-order chi connectivity index (χ1) is 9.22. The fourth-order valence-electron chi connectivity index (χ4n) is 1.83. The van der Waals surface area contributed by atoms with Crippen LogP contribution in [0.4, 0.5) is 16.3 Å². The van der Waals surface area contributed by atoms with E-state index in [4.69, 9.17) is 11.6 Å². The second-order valence-electron chi connectivity index (χ2n) is 4.40. The van der Waals surface area contributed by atoms with E-state index in [9.17, 15) is 4.79 Å². The second-order valence-corrected chi connectivity index (χ2v) is 4.78. The molecule has 0 bridgehead atoms. The highest BCUT2D eigenvalue weighted by molar-refractivity contribution is 6.29. The van der Waals surface area contributed by atoms with E-state index in [1.165, 1.54) is 0 Å². The van der Waals surface area contributed by atoms with Gasteiger partial charge in [-0.1, -0.05) is 17.7 Å². The standard InChI is InChI=1S/C12H12ClN5O/c13-9-2-1-3-10(16-9)17-12(19)15-8-6-14-18-11(8)7-4-5-7/h1-3,6-7H,4-5H2,(H,14,18)(H2,15,16,17,19). The molecule has 0 unspecified atom stereocenters. The second kappa shape index (κ2) is 4.89. The number of aromatic amines is 1. The number of nitrogens with one attached hydrogen (secondary N) is 3. The molecule has 1 aliphatic rings. The third kappa shape index (κ3) is 2.85. The van der Waals surface area contributed by atoms with Crippen LogP contribution in [-0.2, 0) is 0 Å². The number of rotatable bonds is 3. The minimum Gasteiger partial charge on any atom is -0.305 e. The Balaban J connectivity index is 1.66. The van der Waals surface area contributed by atoms with Gasteiger partial charge in [-0.3, -0.25) is 10.4 Å². The molecule has 2 aromatic heterocycles. The fraction of sp³-hybridized carbons (Fsp3) is 0.250. The highest BCUT2D eigenvalue weighted by Crippen LogP contribution is 2.42. The third-order valence-electron chi connectivity index (χ3n) is 2.86. The van der Waals surface area contributed by atoms with Crippen LogP contribution in [0.2, 0.25) is 5.15 Å². The van der Waals surface area contributed by atoms with E-state index >= 15 is 0 Å². The van der Waals surface area contributed by atoms with Gasteiger partial charge in [-0.05, 0) is 25.0 Å². The first-order valence-corrected chi connectivity index (χ1v) is 6.34. The number of urea groups is 1. The molecule has 0 spiro atoms. The summed E-state index contributed by atoms with van der Waals surface area (Å²) < 4.78 is 0. The van der Waals surface area contributed by atoms with Crippen molar-refractivity contribution in [2.24, 2.45) is 0 Å². The number of halogens is 1. The maximum Gasteiger partial charge on any atom is 0.324 e. The number of nitrogens with zero attached hydrogens (tertiary/aromatic N) is 2. The lowest BCUT2D eigenvalue weighted by molar-refractivity contribution is 0.262. The Labute approximate surface area is 114 Å². The summed E-state index contributed by atoms with van der Waals surface area (Å²) in [4.78, 5) is 15.8. The van der Waals surface area contributed by atoms with E-state index in [0.29, 0.717) is 22.6 Å². The first kappa shape index (κ1) is 12.0. The molecule has 6 nitrogen and oxygen atoms in total. The monoisotopic (exact) mass is 277 g/mol. The summed E-state index contributed by atoms with van der Waals surface area (Å²) in [5, 5.41) is 12.6. The number of H-pyrrole nitrogens is 1. The maximum atomic E-state index is 11.8. The van der Waals surface area contributed by atoms with Gasteiger partial charge >= 0.3 is 6.03 Å². The Bertz CT molecular complexity index is 608. The topological polar surface area (TPSA) is 82.7 Å². The zero-order chi connectivity index (χ0) is 13.2. The summed E-state index contributed by atoms with van der Waals surface area (Å²) in [6.07, 6.45) is 3.88. The summed E-state index contributed by atoms with van der Waals surface area (Å²) in [6.45, 7) is 0. The van der Waals surface area contributed by atoms with Gasteiger partial charge in [0.15, 0.2) is 0 Å². The molecule has 19 heavy (non-hydrogen) atoms. The first-order valence-electron chi connectivity index (χ1n) is 5.96. The van der Waals surface area contributed by atoms with Crippen LogP contribution in [0.25, 0.3) is 0 Å². The Kier molecular flexibility index (Phi) is 3.08. The van der Waals surface area contributed by atoms with E-state index in [-0.39, 0.29) is 6.03 Å². The van der Waals surface area contributed by atoms with Crippen molar-refractivity contribution in [3.8, 4) is 0 Å². The minimum absolute atomic E-state index is 0.333. The number of carbonyl (C=O) groups is 1. The highest BCUT2D eigenvalue weighted by Gasteiger charge is 2.28. The SMILES string of the molecule is O=C(Nc1cccc(Cl)n1)Nc1cn[nH]c1C1CC1. The fourth-order valence-corrected chi connectivity index (χ4v) is 1.99. The zero-order valence-corrected chi connectivity index (χ0v) is 10.7. The Morgan fingerprint density at radius 1 is 1.37 bits per heavy atom. The lowest BCUT2D eigenvalue weighted by Crippen LogP contribution is -2.20. The smallest absolute Gasteiger partial charge is 0.305 e.